The van der Waals surface area contributed by atoms with Crippen molar-refractivity contribution in [2.75, 3.05) is 12.4 Å². The molecular formula is C12H15F3O2S. The van der Waals surface area contributed by atoms with Crippen LogP contribution >= 0.6 is 11.8 Å². The van der Waals surface area contributed by atoms with Gasteiger partial charge in [-0.2, -0.15) is 13.2 Å². The summed E-state index contributed by atoms with van der Waals surface area (Å²) in [5.41, 5.74) is -0.922. The third-order valence-electron chi connectivity index (χ3n) is 2.40. The Bertz CT molecular complexity index is 393. The van der Waals surface area contributed by atoms with E-state index in [1.807, 2.05) is 6.92 Å². The third kappa shape index (κ3) is 4.19. The quantitative estimate of drug-likeness (QED) is 0.815. The average molecular weight is 280 g/mol. The maximum atomic E-state index is 12.7. The van der Waals surface area contributed by atoms with Crippen LogP contribution in [0.15, 0.2) is 23.1 Å². The summed E-state index contributed by atoms with van der Waals surface area (Å²) in [5, 5.41) is 17.7. The number of thioether (sulfide) groups is 1. The summed E-state index contributed by atoms with van der Waals surface area (Å²) in [6.07, 6.45) is -4.46. The van der Waals surface area contributed by atoms with Crippen LogP contribution in [0.25, 0.3) is 0 Å². The van der Waals surface area contributed by atoms with Gasteiger partial charge in [0, 0.05) is 17.3 Å². The summed E-state index contributed by atoms with van der Waals surface area (Å²) in [6.45, 7) is 1.19. The predicted molar refractivity (Wildman–Crippen MR) is 64.3 cm³/mol. The molecule has 0 spiro atoms. The summed E-state index contributed by atoms with van der Waals surface area (Å²) in [5.74, 6) is 0.577. The zero-order valence-corrected chi connectivity index (χ0v) is 10.7. The molecule has 0 saturated heterocycles. The number of benzene rings is 1. The zero-order chi connectivity index (χ0) is 13.8. The second kappa shape index (κ2) is 6.45. The monoisotopic (exact) mass is 280 g/mol. The Morgan fingerprint density at radius 2 is 1.94 bits per heavy atom. The van der Waals surface area contributed by atoms with Crippen LogP contribution in [0, 0.1) is 5.92 Å². The van der Waals surface area contributed by atoms with Crippen molar-refractivity contribution in [3.8, 4) is 0 Å². The Morgan fingerprint density at radius 1 is 1.28 bits per heavy atom. The van der Waals surface area contributed by atoms with E-state index in [-0.39, 0.29) is 18.1 Å². The number of aliphatic hydroxyl groups is 2. The SMILES string of the molecule is CC(CO)CSc1ccc(CO)c(C(F)(F)F)c1. The van der Waals surface area contributed by atoms with Gasteiger partial charge in [0.2, 0.25) is 0 Å². The Balaban J connectivity index is 2.90. The van der Waals surface area contributed by atoms with Crippen LogP contribution in [0.1, 0.15) is 18.1 Å². The molecule has 0 aliphatic carbocycles. The van der Waals surface area contributed by atoms with Gasteiger partial charge in [0.05, 0.1) is 12.2 Å². The number of hydrogen-bond acceptors (Lipinski definition) is 3. The van der Waals surface area contributed by atoms with E-state index in [0.29, 0.717) is 10.6 Å². The van der Waals surface area contributed by atoms with Gasteiger partial charge in [-0.1, -0.05) is 13.0 Å². The largest absolute Gasteiger partial charge is 0.416 e. The normalized spacial score (nSPS) is 13.7. The van der Waals surface area contributed by atoms with Gasteiger partial charge in [-0.05, 0) is 23.6 Å². The second-order valence-electron chi connectivity index (χ2n) is 4.07. The highest BCUT2D eigenvalue weighted by atomic mass is 32.2. The maximum Gasteiger partial charge on any atom is 0.416 e. The molecule has 2 N–H and O–H groups in total. The lowest BCUT2D eigenvalue weighted by atomic mass is 10.1. The van der Waals surface area contributed by atoms with Crippen molar-refractivity contribution in [3.05, 3.63) is 29.3 Å². The first-order valence-corrected chi connectivity index (χ1v) is 6.41. The highest BCUT2D eigenvalue weighted by Crippen LogP contribution is 2.35. The molecule has 2 nitrogen and oxygen atoms in total. The van der Waals surface area contributed by atoms with Gasteiger partial charge < -0.3 is 10.2 Å². The fourth-order valence-electron chi connectivity index (χ4n) is 1.34. The average Bonchev–Trinajstić information content (AvgIpc) is 2.34. The summed E-state index contributed by atoms with van der Waals surface area (Å²) in [7, 11) is 0. The van der Waals surface area contributed by atoms with Crippen LogP contribution in [-0.2, 0) is 12.8 Å². The molecule has 0 amide bonds. The molecule has 1 atom stereocenters. The number of rotatable bonds is 5. The molecule has 1 aromatic rings. The Kier molecular flexibility index (Phi) is 5.49. The topological polar surface area (TPSA) is 40.5 Å². The van der Waals surface area contributed by atoms with Gasteiger partial charge in [0.15, 0.2) is 0 Å². The first-order valence-electron chi connectivity index (χ1n) is 5.43. The van der Waals surface area contributed by atoms with E-state index >= 15 is 0 Å². The Hall–Kier alpha value is -0.720. The first-order chi connectivity index (χ1) is 8.38. The van der Waals surface area contributed by atoms with Crippen LogP contribution in [0.5, 0.6) is 0 Å². The molecule has 1 unspecified atom stereocenters. The fourth-order valence-corrected chi connectivity index (χ4v) is 2.29. The maximum absolute atomic E-state index is 12.7. The second-order valence-corrected chi connectivity index (χ2v) is 5.17. The van der Waals surface area contributed by atoms with Crippen molar-refractivity contribution in [2.24, 2.45) is 5.92 Å². The molecule has 0 bridgehead atoms. The summed E-state index contributed by atoms with van der Waals surface area (Å²) < 4.78 is 38.2. The third-order valence-corrected chi connectivity index (χ3v) is 3.73. The molecule has 18 heavy (non-hydrogen) atoms. The first kappa shape index (κ1) is 15.3. The van der Waals surface area contributed by atoms with Crippen LogP contribution < -0.4 is 0 Å². The molecule has 0 saturated carbocycles. The van der Waals surface area contributed by atoms with Gasteiger partial charge in [-0.3, -0.25) is 0 Å². The van der Waals surface area contributed by atoms with E-state index in [0.717, 1.165) is 6.07 Å². The molecule has 0 aliphatic rings. The number of halogens is 3. The molecule has 0 aliphatic heterocycles. The molecular weight excluding hydrogens is 265 g/mol. The van der Waals surface area contributed by atoms with Gasteiger partial charge in [-0.25, -0.2) is 0 Å². The molecule has 0 aromatic heterocycles. The summed E-state index contributed by atoms with van der Waals surface area (Å²) >= 11 is 1.26. The highest BCUT2D eigenvalue weighted by Gasteiger charge is 2.33. The van der Waals surface area contributed by atoms with E-state index in [2.05, 4.69) is 0 Å². The fraction of sp³-hybridized carbons (Fsp3) is 0.500. The standard InChI is InChI=1S/C12H15F3O2S/c1-8(5-16)7-18-10-3-2-9(6-17)11(4-10)12(13,14)15/h2-4,8,16-17H,5-7H2,1H3. The molecule has 0 radical (unpaired) electrons. The highest BCUT2D eigenvalue weighted by molar-refractivity contribution is 7.99. The van der Waals surface area contributed by atoms with E-state index < -0.39 is 18.3 Å². The molecule has 6 heteroatoms. The number of alkyl halides is 3. The van der Waals surface area contributed by atoms with Crippen LogP contribution in [0.2, 0.25) is 0 Å². The van der Waals surface area contributed by atoms with E-state index in [4.69, 9.17) is 10.2 Å². The predicted octanol–water partition coefficient (Wildman–Crippen LogP) is 2.92. The minimum absolute atomic E-state index is 0.00779. The lowest BCUT2D eigenvalue weighted by Crippen LogP contribution is -2.09. The smallest absolute Gasteiger partial charge is 0.396 e. The van der Waals surface area contributed by atoms with Crippen molar-refractivity contribution in [2.45, 2.75) is 24.6 Å². The van der Waals surface area contributed by atoms with Crippen molar-refractivity contribution in [1.29, 1.82) is 0 Å². The van der Waals surface area contributed by atoms with Crippen LogP contribution in [-0.4, -0.2) is 22.6 Å². The number of hydrogen-bond donors (Lipinski definition) is 2. The Morgan fingerprint density at radius 3 is 2.44 bits per heavy atom. The zero-order valence-electron chi connectivity index (χ0n) is 9.87. The summed E-state index contributed by atoms with van der Waals surface area (Å²) in [4.78, 5) is 0.486. The van der Waals surface area contributed by atoms with E-state index in [9.17, 15) is 13.2 Å². The van der Waals surface area contributed by atoms with Gasteiger partial charge in [0.25, 0.3) is 0 Å². The number of aliphatic hydroxyl groups excluding tert-OH is 2. The van der Waals surface area contributed by atoms with Crippen molar-refractivity contribution in [1.82, 2.24) is 0 Å². The Labute approximate surface area is 108 Å². The molecule has 0 fully saturated rings. The minimum atomic E-state index is -4.46. The van der Waals surface area contributed by atoms with Gasteiger partial charge in [-0.15, -0.1) is 11.8 Å². The lowest BCUT2D eigenvalue weighted by Gasteiger charge is -2.13. The molecule has 1 rings (SSSR count). The molecule has 0 heterocycles. The van der Waals surface area contributed by atoms with Crippen molar-refractivity contribution < 1.29 is 23.4 Å². The van der Waals surface area contributed by atoms with Crippen molar-refractivity contribution >= 4 is 11.8 Å². The van der Waals surface area contributed by atoms with Crippen LogP contribution in [0.4, 0.5) is 13.2 Å². The van der Waals surface area contributed by atoms with Crippen molar-refractivity contribution in [3.63, 3.8) is 0 Å². The van der Waals surface area contributed by atoms with E-state index in [1.54, 1.807) is 6.07 Å². The minimum Gasteiger partial charge on any atom is -0.396 e. The van der Waals surface area contributed by atoms with Gasteiger partial charge >= 0.3 is 6.18 Å². The van der Waals surface area contributed by atoms with Crippen LogP contribution in [0.3, 0.4) is 0 Å². The summed E-state index contributed by atoms with van der Waals surface area (Å²) in [6, 6.07) is 3.88. The van der Waals surface area contributed by atoms with E-state index in [1.165, 1.54) is 17.8 Å². The molecule has 1 aromatic carbocycles. The van der Waals surface area contributed by atoms with Gasteiger partial charge in [0.1, 0.15) is 0 Å². The molecule has 102 valence electrons. The lowest BCUT2D eigenvalue weighted by molar-refractivity contribution is -0.138.